The average molecular weight is 340 g/mol. The summed E-state index contributed by atoms with van der Waals surface area (Å²) in [6.45, 7) is 3.71. The van der Waals surface area contributed by atoms with Crippen LogP contribution in [0.2, 0.25) is 0 Å². The second-order valence-corrected chi connectivity index (χ2v) is 7.17. The molecular weight excluding hydrogens is 298 g/mol. The van der Waals surface area contributed by atoms with Gasteiger partial charge in [-0.15, -0.1) is 0 Å². The standard InChI is InChI=1S/C21H41NO2/c1-4-5-6-7-8-9-10-11-12-13-14-15-16-17-18-19-21(24)22(3)20(2)23/h4-19H2,1-3H3. The molecule has 0 spiro atoms. The molecular formula is C21H41NO2. The first-order chi connectivity index (χ1) is 11.6. The Morgan fingerprint density at radius 2 is 0.958 bits per heavy atom. The largest absolute Gasteiger partial charge is 0.286 e. The van der Waals surface area contributed by atoms with Crippen LogP contribution in [0, 0.1) is 0 Å². The van der Waals surface area contributed by atoms with Gasteiger partial charge in [-0.2, -0.15) is 0 Å². The summed E-state index contributed by atoms with van der Waals surface area (Å²) in [7, 11) is 1.57. The Labute approximate surface area is 150 Å². The van der Waals surface area contributed by atoms with Crippen molar-refractivity contribution in [3.8, 4) is 0 Å². The highest BCUT2D eigenvalue weighted by atomic mass is 16.2. The summed E-state index contributed by atoms with van der Waals surface area (Å²) in [5, 5.41) is 0. The van der Waals surface area contributed by atoms with Gasteiger partial charge in [0.2, 0.25) is 11.8 Å². The summed E-state index contributed by atoms with van der Waals surface area (Å²) >= 11 is 0. The van der Waals surface area contributed by atoms with Crippen LogP contribution in [0.3, 0.4) is 0 Å². The fraction of sp³-hybridized carbons (Fsp3) is 0.905. The molecule has 2 amide bonds. The van der Waals surface area contributed by atoms with Gasteiger partial charge in [-0.1, -0.05) is 96.8 Å². The second-order valence-electron chi connectivity index (χ2n) is 7.17. The minimum Gasteiger partial charge on any atom is -0.286 e. The number of rotatable bonds is 16. The molecule has 0 aliphatic heterocycles. The maximum atomic E-state index is 11.6. The predicted octanol–water partition coefficient (Wildman–Crippen LogP) is 6.25. The van der Waals surface area contributed by atoms with Crippen LogP contribution in [-0.2, 0) is 9.59 Å². The Kier molecular flexibility index (Phi) is 16.4. The molecule has 0 aliphatic rings. The maximum absolute atomic E-state index is 11.6. The Balaban J connectivity index is 3.18. The van der Waals surface area contributed by atoms with E-state index in [1.165, 1.54) is 95.3 Å². The molecule has 24 heavy (non-hydrogen) atoms. The predicted molar refractivity (Wildman–Crippen MR) is 103 cm³/mol. The van der Waals surface area contributed by atoms with Crippen LogP contribution in [-0.4, -0.2) is 23.8 Å². The van der Waals surface area contributed by atoms with E-state index in [4.69, 9.17) is 0 Å². The molecule has 0 rings (SSSR count). The van der Waals surface area contributed by atoms with Crippen molar-refractivity contribution in [2.45, 2.75) is 117 Å². The van der Waals surface area contributed by atoms with E-state index < -0.39 is 0 Å². The normalized spacial score (nSPS) is 10.8. The summed E-state index contributed by atoms with van der Waals surface area (Å²) in [6.07, 6.45) is 20.4. The molecule has 0 atom stereocenters. The highest BCUT2D eigenvalue weighted by molar-refractivity contribution is 5.93. The van der Waals surface area contributed by atoms with Gasteiger partial charge in [0, 0.05) is 20.4 Å². The number of carbonyl (C=O) groups is 2. The third-order valence-corrected chi connectivity index (χ3v) is 4.84. The van der Waals surface area contributed by atoms with Gasteiger partial charge >= 0.3 is 0 Å². The van der Waals surface area contributed by atoms with Gasteiger partial charge < -0.3 is 0 Å². The van der Waals surface area contributed by atoms with Gasteiger partial charge in [0.25, 0.3) is 0 Å². The number of nitrogens with zero attached hydrogens (tertiary/aromatic N) is 1. The zero-order chi connectivity index (χ0) is 18.0. The summed E-state index contributed by atoms with van der Waals surface area (Å²) < 4.78 is 0. The molecule has 0 fully saturated rings. The summed E-state index contributed by atoms with van der Waals surface area (Å²) in [4.78, 5) is 23.9. The second kappa shape index (κ2) is 17.0. The first-order valence-corrected chi connectivity index (χ1v) is 10.4. The molecule has 0 radical (unpaired) electrons. The first kappa shape index (κ1) is 23.1. The zero-order valence-electron chi connectivity index (χ0n) is 16.6. The van der Waals surface area contributed by atoms with Crippen molar-refractivity contribution < 1.29 is 9.59 Å². The minimum absolute atomic E-state index is 0.0443. The maximum Gasteiger partial charge on any atom is 0.228 e. The van der Waals surface area contributed by atoms with Crippen LogP contribution in [0.1, 0.15) is 117 Å². The SMILES string of the molecule is CCCCCCCCCCCCCCCCCC(=O)N(C)C(C)=O. The van der Waals surface area contributed by atoms with E-state index in [0.717, 1.165) is 12.8 Å². The van der Waals surface area contributed by atoms with E-state index >= 15 is 0 Å². The van der Waals surface area contributed by atoms with E-state index in [0.29, 0.717) is 6.42 Å². The van der Waals surface area contributed by atoms with Crippen molar-refractivity contribution in [2.24, 2.45) is 0 Å². The van der Waals surface area contributed by atoms with Gasteiger partial charge in [-0.25, -0.2) is 0 Å². The highest BCUT2D eigenvalue weighted by Gasteiger charge is 2.11. The van der Waals surface area contributed by atoms with Crippen molar-refractivity contribution in [3.63, 3.8) is 0 Å². The van der Waals surface area contributed by atoms with Crippen molar-refractivity contribution in [1.29, 1.82) is 0 Å². The van der Waals surface area contributed by atoms with Gasteiger partial charge in [0.15, 0.2) is 0 Å². The van der Waals surface area contributed by atoms with Gasteiger partial charge in [0.1, 0.15) is 0 Å². The molecule has 3 nitrogen and oxygen atoms in total. The molecule has 0 N–H and O–H groups in total. The molecule has 0 saturated carbocycles. The van der Waals surface area contributed by atoms with Crippen molar-refractivity contribution in [1.82, 2.24) is 4.90 Å². The zero-order valence-corrected chi connectivity index (χ0v) is 16.6. The summed E-state index contributed by atoms with van der Waals surface area (Å²) in [5.41, 5.74) is 0. The first-order valence-electron chi connectivity index (χ1n) is 10.4. The van der Waals surface area contributed by atoms with Gasteiger partial charge in [-0.3, -0.25) is 14.5 Å². The third kappa shape index (κ3) is 14.7. The fourth-order valence-corrected chi connectivity index (χ4v) is 2.99. The average Bonchev–Trinajstić information content (AvgIpc) is 2.57. The Morgan fingerprint density at radius 1 is 0.625 bits per heavy atom. The molecule has 0 bridgehead atoms. The number of hydrogen-bond donors (Lipinski definition) is 0. The number of carbonyl (C=O) groups excluding carboxylic acids is 2. The Bertz CT molecular complexity index is 315. The lowest BCUT2D eigenvalue weighted by Gasteiger charge is -2.12. The summed E-state index contributed by atoms with van der Waals surface area (Å²) in [5.74, 6) is -0.210. The number of unbranched alkanes of at least 4 members (excludes halogenated alkanes) is 14. The van der Waals surface area contributed by atoms with E-state index in [-0.39, 0.29) is 11.8 Å². The topological polar surface area (TPSA) is 37.4 Å². The molecule has 0 saturated heterocycles. The fourth-order valence-electron chi connectivity index (χ4n) is 2.99. The highest BCUT2D eigenvalue weighted by Crippen LogP contribution is 2.13. The monoisotopic (exact) mass is 339 g/mol. The van der Waals surface area contributed by atoms with Crippen LogP contribution in [0.15, 0.2) is 0 Å². The van der Waals surface area contributed by atoms with Crippen molar-refractivity contribution >= 4 is 11.8 Å². The number of amides is 2. The molecule has 3 heteroatoms. The molecule has 0 heterocycles. The number of hydrogen-bond acceptors (Lipinski definition) is 2. The lowest BCUT2D eigenvalue weighted by molar-refractivity contribution is -0.141. The molecule has 0 unspecified atom stereocenters. The van der Waals surface area contributed by atoms with Crippen LogP contribution >= 0.6 is 0 Å². The van der Waals surface area contributed by atoms with Crippen LogP contribution < -0.4 is 0 Å². The Morgan fingerprint density at radius 3 is 1.29 bits per heavy atom. The van der Waals surface area contributed by atoms with E-state index in [1.807, 2.05) is 0 Å². The van der Waals surface area contributed by atoms with Crippen LogP contribution in [0.25, 0.3) is 0 Å². The Hall–Kier alpha value is -0.860. The van der Waals surface area contributed by atoms with Crippen molar-refractivity contribution in [3.05, 3.63) is 0 Å². The third-order valence-electron chi connectivity index (χ3n) is 4.84. The number of imide groups is 1. The molecule has 0 aliphatic carbocycles. The van der Waals surface area contributed by atoms with Crippen LogP contribution in [0.4, 0.5) is 0 Å². The molecule has 0 aromatic rings. The van der Waals surface area contributed by atoms with Crippen LogP contribution in [0.5, 0.6) is 0 Å². The van der Waals surface area contributed by atoms with Crippen molar-refractivity contribution in [2.75, 3.05) is 7.05 Å². The lowest BCUT2D eigenvalue weighted by Crippen LogP contribution is -2.30. The molecule has 0 aromatic carbocycles. The minimum atomic E-state index is -0.166. The quantitative estimate of drug-likeness (QED) is 0.311. The smallest absolute Gasteiger partial charge is 0.228 e. The van der Waals surface area contributed by atoms with E-state index in [1.54, 1.807) is 7.05 Å². The lowest BCUT2D eigenvalue weighted by atomic mass is 10.0. The van der Waals surface area contributed by atoms with Gasteiger partial charge in [0.05, 0.1) is 0 Å². The molecule has 0 aromatic heterocycles. The summed E-state index contributed by atoms with van der Waals surface area (Å²) in [6, 6.07) is 0. The van der Waals surface area contributed by atoms with E-state index in [9.17, 15) is 9.59 Å². The van der Waals surface area contributed by atoms with Gasteiger partial charge in [-0.05, 0) is 6.42 Å². The van der Waals surface area contributed by atoms with E-state index in [2.05, 4.69) is 6.92 Å². The molecule has 142 valence electrons.